The van der Waals surface area contributed by atoms with Crippen molar-refractivity contribution in [2.75, 3.05) is 18.0 Å². The molecule has 0 spiro atoms. The normalized spacial score (nSPS) is 17.4. The van der Waals surface area contributed by atoms with Crippen LogP contribution in [0.15, 0.2) is 35.3 Å². The Hall–Kier alpha value is -2.41. The third-order valence-corrected chi connectivity index (χ3v) is 4.55. The van der Waals surface area contributed by atoms with E-state index in [-0.39, 0.29) is 22.4 Å². The number of rotatable bonds is 4. The van der Waals surface area contributed by atoms with Crippen LogP contribution < -0.4 is 15.8 Å². The molecule has 1 aromatic heterocycles. The third-order valence-electron chi connectivity index (χ3n) is 4.26. The maximum absolute atomic E-state index is 13.2. The van der Waals surface area contributed by atoms with Gasteiger partial charge < -0.3 is 10.2 Å². The molecule has 1 atom stereocenters. The summed E-state index contributed by atoms with van der Waals surface area (Å²) in [5.74, 6) is -0.724. The zero-order valence-corrected chi connectivity index (χ0v) is 14.2. The molecule has 1 amide bonds. The van der Waals surface area contributed by atoms with Crippen molar-refractivity contribution in [1.29, 1.82) is 0 Å². The topological polar surface area (TPSA) is 78.1 Å². The number of hydrogen-bond donors (Lipinski definition) is 2. The molecule has 25 heavy (non-hydrogen) atoms. The Morgan fingerprint density at radius 2 is 2.28 bits per heavy atom. The number of aromatic nitrogens is 2. The summed E-state index contributed by atoms with van der Waals surface area (Å²) in [6.07, 6.45) is 3.22. The van der Waals surface area contributed by atoms with Crippen molar-refractivity contribution in [3.63, 3.8) is 0 Å². The molecular weight excluding hydrogens is 347 g/mol. The van der Waals surface area contributed by atoms with E-state index in [9.17, 15) is 14.0 Å². The van der Waals surface area contributed by atoms with Crippen LogP contribution in [0.2, 0.25) is 5.02 Å². The van der Waals surface area contributed by atoms with Crippen LogP contribution in [0.1, 0.15) is 18.4 Å². The largest absolute Gasteiger partial charge is 0.369 e. The molecule has 1 aliphatic heterocycles. The summed E-state index contributed by atoms with van der Waals surface area (Å²) in [5, 5.41) is 9.05. The highest BCUT2D eigenvalue weighted by atomic mass is 35.5. The van der Waals surface area contributed by atoms with Gasteiger partial charge in [0.1, 0.15) is 5.82 Å². The standard InChI is InChI=1S/C17H18ClFN4O2/c18-14-6-11(3-4-15(14)19)8-20-17(25)12-2-1-5-23(10-12)13-7-16(24)22-21-9-13/h3-4,6-7,9,12H,1-2,5,8,10H2,(H,20,25)(H,22,24). The Morgan fingerprint density at radius 1 is 1.44 bits per heavy atom. The van der Waals surface area contributed by atoms with Crippen molar-refractivity contribution in [1.82, 2.24) is 15.5 Å². The van der Waals surface area contributed by atoms with E-state index in [2.05, 4.69) is 15.5 Å². The predicted octanol–water partition coefficient (Wildman–Crippen LogP) is 2.10. The number of amides is 1. The fourth-order valence-corrected chi connectivity index (χ4v) is 3.15. The number of halogens is 2. The summed E-state index contributed by atoms with van der Waals surface area (Å²) >= 11 is 5.75. The van der Waals surface area contributed by atoms with E-state index in [1.54, 1.807) is 12.3 Å². The molecule has 2 aromatic rings. The highest BCUT2D eigenvalue weighted by Gasteiger charge is 2.26. The molecule has 1 saturated heterocycles. The molecule has 0 aliphatic carbocycles. The minimum absolute atomic E-state index is 0.0392. The van der Waals surface area contributed by atoms with Crippen LogP contribution in [0.25, 0.3) is 0 Å². The van der Waals surface area contributed by atoms with E-state index < -0.39 is 5.82 Å². The molecule has 1 unspecified atom stereocenters. The second-order valence-electron chi connectivity index (χ2n) is 6.05. The van der Waals surface area contributed by atoms with E-state index >= 15 is 0 Å². The molecular formula is C17H18ClFN4O2. The number of carbonyl (C=O) groups excluding carboxylic acids is 1. The van der Waals surface area contributed by atoms with Crippen LogP contribution in [-0.2, 0) is 11.3 Å². The average Bonchev–Trinajstić information content (AvgIpc) is 2.62. The van der Waals surface area contributed by atoms with Crippen LogP contribution in [0.3, 0.4) is 0 Å². The number of H-pyrrole nitrogens is 1. The lowest BCUT2D eigenvalue weighted by Crippen LogP contribution is -2.43. The Bertz CT molecular complexity index is 826. The van der Waals surface area contributed by atoms with Gasteiger partial charge in [0.2, 0.25) is 5.91 Å². The summed E-state index contributed by atoms with van der Waals surface area (Å²) in [6, 6.07) is 5.86. The van der Waals surface area contributed by atoms with Crippen molar-refractivity contribution in [3.05, 3.63) is 57.2 Å². The number of hydrogen-bond acceptors (Lipinski definition) is 4. The second-order valence-corrected chi connectivity index (χ2v) is 6.46. The fourth-order valence-electron chi connectivity index (χ4n) is 2.95. The van der Waals surface area contributed by atoms with E-state index in [1.165, 1.54) is 18.2 Å². The van der Waals surface area contributed by atoms with Crippen molar-refractivity contribution in [2.45, 2.75) is 19.4 Å². The highest BCUT2D eigenvalue weighted by Crippen LogP contribution is 2.22. The molecule has 8 heteroatoms. The second kappa shape index (κ2) is 7.65. The monoisotopic (exact) mass is 364 g/mol. The highest BCUT2D eigenvalue weighted by molar-refractivity contribution is 6.30. The van der Waals surface area contributed by atoms with E-state index in [4.69, 9.17) is 11.6 Å². The average molecular weight is 365 g/mol. The number of benzene rings is 1. The van der Waals surface area contributed by atoms with Gasteiger partial charge >= 0.3 is 0 Å². The number of aromatic amines is 1. The van der Waals surface area contributed by atoms with Crippen molar-refractivity contribution < 1.29 is 9.18 Å². The van der Waals surface area contributed by atoms with Gasteiger partial charge in [0.05, 0.1) is 22.8 Å². The van der Waals surface area contributed by atoms with Crippen LogP contribution >= 0.6 is 11.6 Å². The quantitative estimate of drug-likeness (QED) is 0.870. The lowest BCUT2D eigenvalue weighted by Gasteiger charge is -2.33. The van der Waals surface area contributed by atoms with E-state index in [0.29, 0.717) is 18.8 Å². The zero-order chi connectivity index (χ0) is 17.8. The van der Waals surface area contributed by atoms with Gasteiger partial charge in [-0.15, -0.1) is 0 Å². The van der Waals surface area contributed by atoms with Gasteiger partial charge in [-0.05, 0) is 30.5 Å². The van der Waals surface area contributed by atoms with Crippen LogP contribution in [0.4, 0.5) is 10.1 Å². The first-order valence-electron chi connectivity index (χ1n) is 8.04. The van der Waals surface area contributed by atoms with Crippen LogP contribution in [-0.4, -0.2) is 29.2 Å². The van der Waals surface area contributed by atoms with E-state index in [1.807, 2.05) is 4.90 Å². The van der Waals surface area contributed by atoms with Crippen LogP contribution in [0.5, 0.6) is 0 Å². The maximum atomic E-state index is 13.2. The summed E-state index contributed by atoms with van der Waals surface area (Å²) in [5.41, 5.74) is 1.19. The number of carbonyl (C=O) groups is 1. The van der Waals surface area contributed by atoms with Gasteiger partial charge in [-0.2, -0.15) is 5.10 Å². The minimum atomic E-state index is -0.480. The molecule has 2 heterocycles. The number of anilines is 1. The minimum Gasteiger partial charge on any atom is -0.369 e. The molecule has 0 radical (unpaired) electrons. The summed E-state index contributed by atoms with van der Waals surface area (Å²) in [7, 11) is 0. The smallest absolute Gasteiger partial charge is 0.266 e. The van der Waals surface area contributed by atoms with Gasteiger partial charge in [-0.1, -0.05) is 17.7 Å². The molecule has 1 fully saturated rings. The number of piperidine rings is 1. The van der Waals surface area contributed by atoms with Gasteiger partial charge in [-0.25, -0.2) is 9.49 Å². The van der Waals surface area contributed by atoms with Gasteiger partial charge in [0, 0.05) is 25.7 Å². The Labute approximate surface area is 149 Å². The van der Waals surface area contributed by atoms with E-state index in [0.717, 1.165) is 24.9 Å². The zero-order valence-electron chi connectivity index (χ0n) is 13.5. The molecule has 1 aliphatic rings. The van der Waals surface area contributed by atoms with Crippen molar-refractivity contribution in [3.8, 4) is 0 Å². The molecule has 0 bridgehead atoms. The summed E-state index contributed by atoms with van der Waals surface area (Å²) in [6.45, 7) is 1.60. The van der Waals surface area contributed by atoms with Crippen LogP contribution in [0, 0.1) is 11.7 Å². The lowest BCUT2D eigenvalue weighted by atomic mass is 9.96. The Balaban J connectivity index is 1.60. The SMILES string of the molecule is O=C(NCc1ccc(F)c(Cl)c1)C1CCCN(c2cn[nH]c(=O)c2)C1. The lowest BCUT2D eigenvalue weighted by molar-refractivity contribution is -0.125. The predicted molar refractivity (Wildman–Crippen MR) is 93.1 cm³/mol. The summed E-state index contributed by atoms with van der Waals surface area (Å²) in [4.78, 5) is 25.8. The number of nitrogens with zero attached hydrogens (tertiary/aromatic N) is 2. The van der Waals surface area contributed by atoms with Gasteiger partial charge in [0.25, 0.3) is 5.56 Å². The van der Waals surface area contributed by atoms with Crippen molar-refractivity contribution >= 4 is 23.2 Å². The summed E-state index contributed by atoms with van der Waals surface area (Å²) < 4.78 is 13.2. The van der Waals surface area contributed by atoms with Gasteiger partial charge in [-0.3, -0.25) is 9.59 Å². The Kier molecular flexibility index (Phi) is 5.33. The Morgan fingerprint density at radius 3 is 3.04 bits per heavy atom. The fraction of sp³-hybridized carbons (Fsp3) is 0.353. The molecule has 132 valence electrons. The van der Waals surface area contributed by atoms with Crippen molar-refractivity contribution in [2.24, 2.45) is 5.92 Å². The number of nitrogens with one attached hydrogen (secondary N) is 2. The third kappa shape index (κ3) is 4.36. The first-order chi connectivity index (χ1) is 12.0. The first-order valence-corrected chi connectivity index (χ1v) is 8.42. The molecule has 6 nitrogen and oxygen atoms in total. The molecule has 3 rings (SSSR count). The van der Waals surface area contributed by atoms with Gasteiger partial charge in [0.15, 0.2) is 0 Å². The molecule has 0 saturated carbocycles. The maximum Gasteiger partial charge on any atom is 0.266 e. The molecule has 1 aromatic carbocycles. The first kappa shape index (κ1) is 17.4. The molecule has 2 N–H and O–H groups in total.